The molecule has 1 nitrogen and oxygen atoms in total. The molecule has 0 radical (unpaired) electrons. The Labute approximate surface area is 187 Å². The van der Waals surface area contributed by atoms with E-state index in [2.05, 4.69) is 33.0 Å². The van der Waals surface area contributed by atoms with E-state index in [0.717, 1.165) is 0 Å². The van der Waals surface area contributed by atoms with Gasteiger partial charge in [0.25, 0.3) is 0 Å². The lowest BCUT2D eigenvalue weighted by atomic mass is 10.0. The van der Waals surface area contributed by atoms with Crippen molar-refractivity contribution in [3.8, 4) is 0 Å². The lowest BCUT2D eigenvalue weighted by molar-refractivity contribution is 0.525. The van der Waals surface area contributed by atoms with Crippen LogP contribution in [0, 0.1) is 0 Å². The number of hydrogen-bond acceptors (Lipinski definition) is 1. The van der Waals surface area contributed by atoms with Gasteiger partial charge in [-0.25, -0.2) is 0 Å². The molecule has 0 fully saturated rings. The van der Waals surface area contributed by atoms with Crippen LogP contribution in [-0.2, 0) is 0 Å². The molecule has 0 aromatic carbocycles. The topological polar surface area (TPSA) is 12.0 Å². The minimum atomic E-state index is -0.871. The summed E-state index contributed by atoms with van der Waals surface area (Å²) in [6.45, 7) is 12.1. The van der Waals surface area contributed by atoms with Crippen molar-refractivity contribution in [3.63, 3.8) is 0 Å². The van der Waals surface area contributed by atoms with Crippen LogP contribution in [0.5, 0.6) is 0 Å². The maximum atomic E-state index is 3.70. The highest BCUT2D eigenvalue weighted by Gasteiger charge is 2.25. The Morgan fingerprint density at radius 2 is 0.759 bits per heavy atom. The van der Waals surface area contributed by atoms with E-state index in [1.165, 1.54) is 140 Å². The van der Waals surface area contributed by atoms with Gasteiger partial charge in [0, 0.05) is 0 Å². The van der Waals surface area contributed by atoms with Crippen LogP contribution in [0.4, 0.5) is 0 Å². The molecule has 0 rings (SSSR count). The predicted molar refractivity (Wildman–Crippen MR) is 139 cm³/mol. The Kier molecular flexibility index (Phi) is 23.0. The zero-order valence-corrected chi connectivity index (χ0v) is 22.3. The van der Waals surface area contributed by atoms with Gasteiger partial charge in [-0.2, -0.15) is 0 Å². The average Bonchev–Trinajstić information content (AvgIpc) is 2.75. The number of nitrogens with one attached hydrogen (secondary N) is 1. The maximum Gasteiger partial charge on any atom is 0.0528 e. The van der Waals surface area contributed by atoms with E-state index < -0.39 is 8.07 Å². The van der Waals surface area contributed by atoms with Crippen molar-refractivity contribution >= 4 is 8.07 Å². The minimum Gasteiger partial charge on any atom is -0.317 e. The van der Waals surface area contributed by atoms with Crippen molar-refractivity contribution in [2.75, 3.05) is 13.1 Å². The second kappa shape index (κ2) is 22.9. The fourth-order valence-electron chi connectivity index (χ4n) is 4.79. The van der Waals surface area contributed by atoms with Crippen LogP contribution in [0.3, 0.4) is 0 Å². The third-order valence-electron chi connectivity index (χ3n) is 7.52. The molecule has 0 aromatic heterocycles. The summed E-state index contributed by atoms with van der Waals surface area (Å²) < 4.78 is 0. The molecule has 0 aliphatic heterocycles. The predicted octanol–water partition coefficient (Wildman–Crippen LogP) is 9.74. The van der Waals surface area contributed by atoms with Crippen LogP contribution in [0.25, 0.3) is 0 Å². The van der Waals surface area contributed by atoms with Gasteiger partial charge in [-0.05, 0) is 25.9 Å². The van der Waals surface area contributed by atoms with E-state index in [0.29, 0.717) is 0 Å². The van der Waals surface area contributed by atoms with E-state index in [9.17, 15) is 0 Å². The van der Waals surface area contributed by atoms with Crippen LogP contribution >= 0.6 is 0 Å². The first kappa shape index (κ1) is 29.2. The largest absolute Gasteiger partial charge is 0.317 e. The van der Waals surface area contributed by atoms with E-state index in [-0.39, 0.29) is 0 Å². The maximum absolute atomic E-state index is 3.70. The van der Waals surface area contributed by atoms with Crippen molar-refractivity contribution < 1.29 is 0 Å². The van der Waals surface area contributed by atoms with Crippen LogP contribution < -0.4 is 5.32 Å². The van der Waals surface area contributed by atoms with Crippen molar-refractivity contribution in [2.45, 2.75) is 161 Å². The van der Waals surface area contributed by atoms with E-state index >= 15 is 0 Å². The second-order valence-electron chi connectivity index (χ2n) is 9.72. The van der Waals surface area contributed by atoms with Gasteiger partial charge in [0.05, 0.1) is 8.07 Å². The molecule has 0 saturated heterocycles. The molecule has 0 aliphatic rings. The van der Waals surface area contributed by atoms with Crippen LogP contribution in [0.1, 0.15) is 137 Å². The molecular formula is C27H59NSi. The minimum absolute atomic E-state index is 0.871. The zero-order valence-electron chi connectivity index (χ0n) is 21.3. The standard InChI is InChI=1S/C27H59NSi/c1-5-9-10-11-12-13-14-15-16-17-18-19-20-21-22-23-25-28-26-24-27-29(6-2,7-3)8-4/h28H,5-27H2,1-4H3. The molecule has 2 heteroatoms. The van der Waals surface area contributed by atoms with Gasteiger partial charge >= 0.3 is 0 Å². The van der Waals surface area contributed by atoms with Gasteiger partial charge in [-0.3, -0.25) is 0 Å². The first-order chi connectivity index (χ1) is 14.2. The summed E-state index contributed by atoms with van der Waals surface area (Å²) in [6, 6.07) is 6.00. The summed E-state index contributed by atoms with van der Waals surface area (Å²) in [5.41, 5.74) is 0. The third-order valence-corrected chi connectivity index (χ3v) is 13.4. The summed E-state index contributed by atoms with van der Waals surface area (Å²) >= 11 is 0. The number of unbranched alkanes of at least 4 members (excludes halogenated alkanes) is 15. The Hall–Kier alpha value is 0.177. The van der Waals surface area contributed by atoms with E-state index in [1.807, 2.05) is 0 Å². The normalized spacial score (nSPS) is 12.0. The monoisotopic (exact) mass is 425 g/mol. The van der Waals surface area contributed by atoms with Crippen LogP contribution in [0.2, 0.25) is 24.2 Å². The average molecular weight is 426 g/mol. The third kappa shape index (κ3) is 18.6. The fourth-order valence-corrected chi connectivity index (χ4v) is 8.28. The molecule has 0 spiro atoms. The number of rotatable bonds is 24. The SMILES string of the molecule is CCCCCCCCCCCCCCCCCCNCCC[Si](CC)(CC)CC. The smallest absolute Gasteiger partial charge is 0.0528 e. The molecule has 0 aliphatic carbocycles. The van der Waals surface area contributed by atoms with Gasteiger partial charge in [0.1, 0.15) is 0 Å². The molecule has 0 aromatic rings. The molecule has 0 saturated carbocycles. The molecule has 1 N–H and O–H groups in total. The van der Waals surface area contributed by atoms with Gasteiger partial charge in [0.15, 0.2) is 0 Å². The summed E-state index contributed by atoms with van der Waals surface area (Å²) in [4.78, 5) is 0. The van der Waals surface area contributed by atoms with Gasteiger partial charge in [0.2, 0.25) is 0 Å². The Bertz CT molecular complexity index is 293. The fraction of sp³-hybridized carbons (Fsp3) is 1.00. The summed E-state index contributed by atoms with van der Waals surface area (Å²) in [7, 11) is -0.871. The highest BCUT2D eigenvalue weighted by atomic mass is 28.3. The van der Waals surface area contributed by atoms with Crippen LogP contribution in [0.15, 0.2) is 0 Å². The van der Waals surface area contributed by atoms with Crippen molar-refractivity contribution in [2.24, 2.45) is 0 Å². The first-order valence-corrected chi connectivity index (χ1v) is 16.8. The Morgan fingerprint density at radius 1 is 0.414 bits per heavy atom. The molecule has 29 heavy (non-hydrogen) atoms. The lowest BCUT2D eigenvalue weighted by Gasteiger charge is -2.28. The van der Waals surface area contributed by atoms with Gasteiger partial charge in [-0.15, -0.1) is 0 Å². The molecule has 0 bridgehead atoms. The van der Waals surface area contributed by atoms with Gasteiger partial charge in [-0.1, -0.05) is 148 Å². The second-order valence-corrected chi connectivity index (χ2v) is 15.3. The Balaban J connectivity index is 3.17. The van der Waals surface area contributed by atoms with Crippen molar-refractivity contribution in [3.05, 3.63) is 0 Å². The lowest BCUT2D eigenvalue weighted by Crippen LogP contribution is -2.32. The molecule has 0 amide bonds. The van der Waals surface area contributed by atoms with E-state index in [4.69, 9.17) is 0 Å². The zero-order chi connectivity index (χ0) is 21.5. The Morgan fingerprint density at radius 3 is 1.14 bits per heavy atom. The summed E-state index contributed by atoms with van der Waals surface area (Å²) in [5, 5.41) is 3.70. The van der Waals surface area contributed by atoms with E-state index in [1.54, 1.807) is 6.04 Å². The van der Waals surface area contributed by atoms with Crippen molar-refractivity contribution in [1.82, 2.24) is 5.32 Å². The van der Waals surface area contributed by atoms with Crippen LogP contribution in [-0.4, -0.2) is 21.2 Å². The van der Waals surface area contributed by atoms with Crippen molar-refractivity contribution in [1.29, 1.82) is 0 Å². The molecule has 176 valence electrons. The van der Waals surface area contributed by atoms with Gasteiger partial charge < -0.3 is 5.32 Å². The molecule has 0 unspecified atom stereocenters. The summed E-state index contributed by atoms with van der Waals surface area (Å²) in [6.07, 6.45) is 24.8. The highest BCUT2D eigenvalue weighted by molar-refractivity contribution is 6.79. The first-order valence-electron chi connectivity index (χ1n) is 13.9. The quantitative estimate of drug-likeness (QED) is 0.120. The highest BCUT2D eigenvalue weighted by Crippen LogP contribution is 2.26. The molecule has 0 atom stereocenters. The molecule has 0 heterocycles. The molecular weight excluding hydrogens is 366 g/mol. The number of hydrogen-bond donors (Lipinski definition) is 1. The summed E-state index contributed by atoms with van der Waals surface area (Å²) in [5.74, 6) is 0.